The Bertz CT molecular complexity index is 806. The lowest BCUT2D eigenvalue weighted by molar-refractivity contribution is 0.368. The zero-order valence-corrected chi connectivity index (χ0v) is 16.7. The summed E-state index contributed by atoms with van der Waals surface area (Å²) in [5, 5.41) is 3.34. The minimum atomic E-state index is -2.15. The largest absolute Gasteiger partial charge is 0.760 e. The molecule has 0 amide bonds. The molecule has 0 aliphatic heterocycles. The van der Waals surface area contributed by atoms with Crippen LogP contribution in [0.15, 0.2) is 53.9 Å². The average molecular weight is 375 g/mol. The molecule has 0 aliphatic carbocycles. The van der Waals surface area contributed by atoms with Crippen LogP contribution < -0.4 is 0 Å². The van der Waals surface area contributed by atoms with Gasteiger partial charge in [-0.1, -0.05) is 53.6 Å². The standard InChI is InChI=1S/C12H15NO2S2.C8H10/c1-9(13(2)17(14)15)7-10-8-16-12-6-4-3-5-11(10)12;1-7-3-5-8(2)6-4-7/h3-6,8-9H,7H2,1-2H3,(H,14,15);3-6H,1-2H3/p-1. The van der Waals surface area contributed by atoms with Gasteiger partial charge in [-0.25, -0.2) is 4.31 Å². The van der Waals surface area contributed by atoms with Gasteiger partial charge in [-0.05, 0) is 56.6 Å². The van der Waals surface area contributed by atoms with Gasteiger partial charge in [-0.3, -0.25) is 4.21 Å². The van der Waals surface area contributed by atoms with Gasteiger partial charge in [0.1, 0.15) is 0 Å². The molecule has 25 heavy (non-hydrogen) atoms. The maximum absolute atomic E-state index is 10.9. The Morgan fingerprint density at radius 3 is 2.20 bits per heavy atom. The predicted octanol–water partition coefficient (Wildman–Crippen LogP) is 4.86. The van der Waals surface area contributed by atoms with Crippen LogP contribution in [0.25, 0.3) is 10.1 Å². The van der Waals surface area contributed by atoms with Crippen LogP contribution >= 0.6 is 11.3 Å². The average Bonchev–Trinajstić information content (AvgIpc) is 3.00. The highest BCUT2D eigenvalue weighted by molar-refractivity contribution is 7.76. The van der Waals surface area contributed by atoms with Crippen LogP contribution in [-0.2, 0) is 17.7 Å². The van der Waals surface area contributed by atoms with E-state index in [-0.39, 0.29) is 6.04 Å². The second-order valence-corrected chi connectivity index (χ2v) is 8.15. The van der Waals surface area contributed by atoms with E-state index in [0.29, 0.717) is 0 Å². The van der Waals surface area contributed by atoms with Crippen LogP contribution in [0.1, 0.15) is 23.6 Å². The molecule has 2 atom stereocenters. The van der Waals surface area contributed by atoms with Crippen molar-refractivity contribution in [1.29, 1.82) is 0 Å². The smallest absolute Gasteiger partial charge is 0.0345 e. The van der Waals surface area contributed by atoms with Crippen molar-refractivity contribution in [1.82, 2.24) is 4.31 Å². The van der Waals surface area contributed by atoms with Gasteiger partial charge in [0.2, 0.25) is 0 Å². The Kier molecular flexibility index (Phi) is 7.32. The molecule has 0 radical (unpaired) electrons. The highest BCUT2D eigenvalue weighted by Gasteiger charge is 2.13. The van der Waals surface area contributed by atoms with Gasteiger partial charge >= 0.3 is 0 Å². The van der Waals surface area contributed by atoms with Crippen molar-refractivity contribution in [2.45, 2.75) is 33.2 Å². The molecule has 3 rings (SSSR count). The Labute approximate surface area is 156 Å². The molecule has 0 fully saturated rings. The first-order valence-electron chi connectivity index (χ1n) is 8.19. The molecular weight excluding hydrogens is 350 g/mol. The maximum Gasteiger partial charge on any atom is 0.0345 e. The van der Waals surface area contributed by atoms with Gasteiger partial charge < -0.3 is 4.55 Å². The fourth-order valence-electron chi connectivity index (χ4n) is 2.42. The Balaban J connectivity index is 0.000000236. The van der Waals surface area contributed by atoms with E-state index < -0.39 is 11.3 Å². The van der Waals surface area contributed by atoms with E-state index in [2.05, 4.69) is 55.6 Å². The SMILES string of the molecule is CC(Cc1csc2ccccc12)N(C)S(=O)[O-].Cc1ccc(C)cc1. The van der Waals surface area contributed by atoms with Crippen LogP contribution in [0.4, 0.5) is 0 Å². The van der Waals surface area contributed by atoms with Crippen molar-refractivity contribution in [2.75, 3.05) is 7.05 Å². The third-order valence-corrected chi connectivity index (χ3v) is 5.99. The first kappa shape index (κ1) is 19.8. The summed E-state index contributed by atoms with van der Waals surface area (Å²) in [6.45, 7) is 6.11. The molecule has 1 aromatic heterocycles. The van der Waals surface area contributed by atoms with Crippen molar-refractivity contribution in [3.63, 3.8) is 0 Å². The van der Waals surface area contributed by atoms with Crippen LogP contribution in [0, 0.1) is 13.8 Å². The number of thiophene rings is 1. The third-order valence-electron chi connectivity index (χ3n) is 4.15. The Hall–Kier alpha value is -1.53. The molecule has 0 saturated heterocycles. The molecule has 0 aliphatic rings. The third kappa shape index (κ3) is 5.75. The Morgan fingerprint density at radius 1 is 1.08 bits per heavy atom. The molecule has 3 nitrogen and oxygen atoms in total. The van der Waals surface area contributed by atoms with Gasteiger partial charge in [-0.15, -0.1) is 11.3 Å². The van der Waals surface area contributed by atoms with Crippen molar-refractivity contribution in [3.05, 3.63) is 70.6 Å². The summed E-state index contributed by atoms with van der Waals surface area (Å²) in [4.78, 5) is 0. The number of nitrogens with zero attached hydrogens (tertiary/aromatic N) is 1. The number of likely N-dealkylation sites (N-methyl/N-ethyl adjacent to an activating group) is 1. The molecule has 134 valence electrons. The highest BCUT2D eigenvalue weighted by atomic mass is 32.2. The van der Waals surface area contributed by atoms with Crippen LogP contribution in [0.5, 0.6) is 0 Å². The number of fused-ring (bicyclic) bond motifs is 1. The van der Waals surface area contributed by atoms with Crippen LogP contribution in [0.2, 0.25) is 0 Å². The fourth-order valence-corrected chi connectivity index (χ4v) is 3.77. The van der Waals surface area contributed by atoms with Gasteiger partial charge in [-0.2, -0.15) is 0 Å². The van der Waals surface area contributed by atoms with Gasteiger partial charge in [0, 0.05) is 22.0 Å². The van der Waals surface area contributed by atoms with E-state index in [9.17, 15) is 8.76 Å². The van der Waals surface area contributed by atoms with Crippen molar-refractivity contribution < 1.29 is 8.76 Å². The predicted molar refractivity (Wildman–Crippen MR) is 108 cm³/mol. The second kappa shape index (κ2) is 9.25. The topological polar surface area (TPSA) is 43.4 Å². The summed E-state index contributed by atoms with van der Waals surface area (Å²) in [7, 11) is 1.60. The minimum absolute atomic E-state index is 0.0219. The van der Waals surface area contributed by atoms with E-state index in [1.54, 1.807) is 18.4 Å². The lowest BCUT2D eigenvalue weighted by Crippen LogP contribution is -2.32. The van der Waals surface area contributed by atoms with E-state index in [1.807, 2.05) is 19.1 Å². The van der Waals surface area contributed by atoms with E-state index in [4.69, 9.17) is 0 Å². The Morgan fingerprint density at radius 2 is 1.64 bits per heavy atom. The van der Waals surface area contributed by atoms with Crippen molar-refractivity contribution in [3.8, 4) is 0 Å². The maximum atomic E-state index is 10.9. The van der Waals surface area contributed by atoms with Gasteiger partial charge in [0.25, 0.3) is 0 Å². The van der Waals surface area contributed by atoms with Crippen molar-refractivity contribution >= 4 is 32.7 Å². The molecule has 0 spiro atoms. The summed E-state index contributed by atoms with van der Waals surface area (Å²) in [6, 6.07) is 16.7. The zero-order valence-electron chi connectivity index (χ0n) is 15.1. The lowest BCUT2D eigenvalue weighted by Gasteiger charge is -2.25. The number of hydrogen-bond acceptors (Lipinski definition) is 3. The number of benzene rings is 2. The minimum Gasteiger partial charge on any atom is -0.760 e. The normalized spacial score (nSPS) is 13.4. The number of hydrogen-bond donors (Lipinski definition) is 0. The molecule has 2 aromatic carbocycles. The summed E-state index contributed by atoms with van der Waals surface area (Å²) in [5.74, 6) is 0. The summed E-state index contributed by atoms with van der Waals surface area (Å²) in [5.41, 5.74) is 3.88. The number of aryl methyl sites for hydroxylation is 2. The van der Waals surface area contributed by atoms with E-state index in [1.165, 1.54) is 31.1 Å². The summed E-state index contributed by atoms with van der Waals surface area (Å²) >= 11 is -0.445. The summed E-state index contributed by atoms with van der Waals surface area (Å²) < 4.78 is 24.3. The second-order valence-electron chi connectivity index (χ2n) is 6.23. The van der Waals surface area contributed by atoms with E-state index >= 15 is 0 Å². The fraction of sp³-hybridized carbons (Fsp3) is 0.300. The molecule has 2 unspecified atom stereocenters. The van der Waals surface area contributed by atoms with Crippen molar-refractivity contribution in [2.24, 2.45) is 0 Å². The monoisotopic (exact) mass is 374 g/mol. The molecule has 0 N–H and O–H groups in total. The molecule has 5 heteroatoms. The van der Waals surface area contributed by atoms with Crippen LogP contribution in [0.3, 0.4) is 0 Å². The number of rotatable bonds is 4. The zero-order chi connectivity index (χ0) is 18.4. The first-order chi connectivity index (χ1) is 11.9. The molecule has 0 saturated carbocycles. The molecule has 1 heterocycles. The molecular formula is C20H24NO2S2-. The van der Waals surface area contributed by atoms with E-state index in [0.717, 1.165) is 6.42 Å². The molecule has 3 aromatic rings. The summed E-state index contributed by atoms with van der Waals surface area (Å²) in [6.07, 6.45) is 0.745. The quantitative estimate of drug-likeness (QED) is 0.612. The first-order valence-corrected chi connectivity index (χ1v) is 10.1. The lowest BCUT2D eigenvalue weighted by atomic mass is 10.1. The molecule has 0 bridgehead atoms. The highest BCUT2D eigenvalue weighted by Crippen LogP contribution is 2.27. The van der Waals surface area contributed by atoms with Gasteiger partial charge in [0.05, 0.1) is 0 Å². The van der Waals surface area contributed by atoms with Crippen LogP contribution in [-0.4, -0.2) is 26.2 Å². The van der Waals surface area contributed by atoms with Gasteiger partial charge in [0.15, 0.2) is 0 Å².